The van der Waals surface area contributed by atoms with E-state index in [1.165, 1.54) is 45.8 Å². The average molecular weight is 523 g/mol. The molecule has 0 bridgehead atoms. The van der Waals surface area contributed by atoms with E-state index in [0.29, 0.717) is 16.9 Å². The first-order valence-electron chi connectivity index (χ1n) is 11.0. The van der Waals surface area contributed by atoms with Gasteiger partial charge in [0.25, 0.3) is 21.3 Å². The van der Waals surface area contributed by atoms with Gasteiger partial charge in [-0.2, -0.15) is 0 Å². The lowest BCUT2D eigenvalue weighted by molar-refractivity contribution is -0.384. The van der Waals surface area contributed by atoms with Gasteiger partial charge in [0.15, 0.2) is 0 Å². The Morgan fingerprint density at radius 1 is 1.03 bits per heavy atom. The van der Waals surface area contributed by atoms with E-state index in [1.807, 2.05) is 0 Å². The van der Waals surface area contributed by atoms with Crippen LogP contribution >= 0.6 is 0 Å². The van der Waals surface area contributed by atoms with Gasteiger partial charge in [-0.3, -0.25) is 24.3 Å². The first-order chi connectivity index (χ1) is 17.6. The molecule has 3 aromatic carbocycles. The Labute approximate surface area is 211 Å². The number of sulfonamides is 1. The molecule has 1 aromatic heterocycles. The highest BCUT2D eigenvalue weighted by atomic mass is 32.2. The smallest absolute Gasteiger partial charge is 0.338 e. The van der Waals surface area contributed by atoms with Crippen molar-refractivity contribution in [1.29, 1.82) is 0 Å². The number of nitro benzene ring substituents is 1. The van der Waals surface area contributed by atoms with E-state index in [0.717, 1.165) is 6.07 Å². The molecule has 11 nitrogen and oxygen atoms in total. The number of aromatic nitrogens is 2. The summed E-state index contributed by atoms with van der Waals surface area (Å²) < 4.78 is 36.7. The Morgan fingerprint density at radius 2 is 1.73 bits per heavy atom. The van der Waals surface area contributed by atoms with Crippen molar-refractivity contribution in [3.05, 3.63) is 116 Å². The molecule has 0 spiro atoms. The Hall–Kier alpha value is -4.71. The molecule has 0 aliphatic heterocycles. The van der Waals surface area contributed by atoms with Gasteiger partial charge in [-0.1, -0.05) is 36.4 Å². The van der Waals surface area contributed by atoms with Gasteiger partial charge in [0.05, 0.1) is 26.8 Å². The zero-order valence-electron chi connectivity index (χ0n) is 19.8. The van der Waals surface area contributed by atoms with Crippen molar-refractivity contribution in [3.8, 4) is 5.69 Å². The Bertz CT molecular complexity index is 1660. The molecule has 0 atom stereocenters. The van der Waals surface area contributed by atoms with Gasteiger partial charge in [0, 0.05) is 19.2 Å². The van der Waals surface area contributed by atoms with Gasteiger partial charge in [0.1, 0.15) is 12.3 Å². The summed E-state index contributed by atoms with van der Waals surface area (Å²) >= 11 is 0. The molecule has 0 aliphatic carbocycles. The largest absolute Gasteiger partial charge is 0.457 e. The van der Waals surface area contributed by atoms with Gasteiger partial charge in [-0.05, 0) is 42.8 Å². The molecule has 4 rings (SSSR count). The summed E-state index contributed by atoms with van der Waals surface area (Å²) in [6.07, 6.45) is 0. The monoisotopic (exact) mass is 522 g/mol. The maximum absolute atomic E-state index is 13.1. The molecule has 0 aliphatic rings. The van der Waals surface area contributed by atoms with E-state index in [1.54, 1.807) is 50.4 Å². The van der Waals surface area contributed by atoms with Gasteiger partial charge in [0.2, 0.25) is 0 Å². The van der Waals surface area contributed by atoms with E-state index >= 15 is 0 Å². The highest BCUT2D eigenvalue weighted by molar-refractivity contribution is 7.92. The molecule has 0 unspecified atom stereocenters. The lowest BCUT2D eigenvalue weighted by Crippen LogP contribution is -2.23. The molecule has 4 aromatic rings. The summed E-state index contributed by atoms with van der Waals surface area (Å²) in [5, 5.41) is 10.9. The van der Waals surface area contributed by atoms with Crippen LogP contribution in [0.25, 0.3) is 5.69 Å². The van der Waals surface area contributed by atoms with Crippen molar-refractivity contribution in [2.45, 2.75) is 18.4 Å². The number of non-ortho nitro benzene ring substituents is 1. The summed E-state index contributed by atoms with van der Waals surface area (Å²) in [6.45, 7) is 1.37. The number of para-hydroxylation sites is 1. The predicted octanol–water partition coefficient (Wildman–Crippen LogP) is 3.55. The summed E-state index contributed by atoms with van der Waals surface area (Å²) in [5.41, 5.74) is 0.506. The van der Waals surface area contributed by atoms with Crippen molar-refractivity contribution in [2.24, 2.45) is 7.05 Å². The number of benzene rings is 3. The molecule has 0 saturated heterocycles. The first kappa shape index (κ1) is 25.4. The van der Waals surface area contributed by atoms with Gasteiger partial charge in [-0.15, -0.1) is 0 Å². The SMILES string of the molecule is Cc1c(NS(=O)(=O)c2cccc(C(=O)OCc3cccc([N+](=O)[O-])c3)c2)c(=O)n(-c2ccccc2)n1C. The normalized spacial score (nSPS) is 11.2. The maximum Gasteiger partial charge on any atom is 0.338 e. The zero-order chi connectivity index (χ0) is 26.7. The second-order valence-corrected chi connectivity index (χ2v) is 9.76. The Balaban J connectivity index is 1.56. The Morgan fingerprint density at radius 3 is 2.43 bits per heavy atom. The minimum atomic E-state index is -4.24. The van der Waals surface area contributed by atoms with Crippen LogP contribution in [0.1, 0.15) is 21.6 Å². The number of carbonyl (C=O) groups is 1. The van der Waals surface area contributed by atoms with Gasteiger partial charge < -0.3 is 4.74 Å². The number of ether oxygens (including phenoxy) is 1. The number of hydrogen-bond donors (Lipinski definition) is 1. The number of nitro groups is 1. The second-order valence-electron chi connectivity index (χ2n) is 8.07. The van der Waals surface area contributed by atoms with Crippen molar-refractivity contribution in [3.63, 3.8) is 0 Å². The molecule has 1 heterocycles. The third-order valence-corrected chi connectivity index (χ3v) is 7.01. The fourth-order valence-corrected chi connectivity index (χ4v) is 4.82. The quantitative estimate of drug-likeness (QED) is 0.212. The van der Waals surface area contributed by atoms with Crippen molar-refractivity contribution < 1.29 is 22.9 Å². The Kier molecular flexibility index (Phi) is 6.94. The summed E-state index contributed by atoms with van der Waals surface area (Å²) in [4.78, 5) is 35.8. The summed E-state index contributed by atoms with van der Waals surface area (Å²) in [6, 6.07) is 19.6. The van der Waals surface area contributed by atoms with Crippen LogP contribution in [0.3, 0.4) is 0 Å². The number of carbonyl (C=O) groups excluding carboxylic acids is 1. The topological polar surface area (TPSA) is 143 Å². The number of nitrogens with zero attached hydrogens (tertiary/aromatic N) is 3. The van der Waals surface area contributed by atoms with E-state index in [-0.39, 0.29) is 28.4 Å². The molecule has 190 valence electrons. The molecular weight excluding hydrogens is 500 g/mol. The van der Waals surface area contributed by atoms with Crippen LogP contribution < -0.4 is 10.3 Å². The van der Waals surface area contributed by atoms with Crippen LogP contribution in [-0.2, 0) is 28.4 Å². The molecule has 1 N–H and O–H groups in total. The number of hydrogen-bond acceptors (Lipinski definition) is 7. The minimum absolute atomic E-state index is 0.0419. The van der Waals surface area contributed by atoms with Crippen LogP contribution in [0.4, 0.5) is 11.4 Å². The maximum atomic E-state index is 13.1. The highest BCUT2D eigenvalue weighted by Gasteiger charge is 2.23. The van der Waals surface area contributed by atoms with Crippen LogP contribution in [0.2, 0.25) is 0 Å². The molecule has 37 heavy (non-hydrogen) atoms. The number of anilines is 1. The molecular formula is C25H22N4O7S. The molecule has 12 heteroatoms. The lowest BCUT2D eigenvalue weighted by atomic mass is 10.2. The molecule has 0 saturated carbocycles. The van der Waals surface area contributed by atoms with Crippen molar-refractivity contribution in [2.75, 3.05) is 4.72 Å². The first-order valence-corrected chi connectivity index (χ1v) is 12.4. The van der Waals surface area contributed by atoms with E-state index in [4.69, 9.17) is 4.74 Å². The fourth-order valence-electron chi connectivity index (χ4n) is 3.66. The summed E-state index contributed by atoms with van der Waals surface area (Å²) in [7, 11) is -2.60. The average Bonchev–Trinajstić information content (AvgIpc) is 3.10. The van der Waals surface area contributed by atoms with Gasteiger partial charge in [-0.25, -0.2) is 17.9 Å². The lowest BCUT2D eigenvalue weighted by Gasteiger charge is -2.09. The van der Waals surface area contributed by atoms with E-state index < -0.39 is 26.5 Å². The highest BCUT2D eigenvalue weighted by Crippen LogP contribution is 2.20. The minimum Gasteiger partial charge on any atom is -0.457 e. The third-order valence-electron chi connectivity index (χ3n) is 5.66. The van der Waals surface area contributed by atoms with Crippen molar-refractivity contribution >= 4 is 27.4 Å². The third kappa shape index (κ3) is 5.28. The van der Waals surface area contributed by atoms with E-state index in [9.17, 15) is 28.1 Å². The predicted molar refractivity (Wildman–Crippen MR) is 135 cm³/mol. The second kappa shape index (κ2) is 10.1. The fraction of sp³-hybridized carbons (Fsp3) is 0.120. The van der Waals surface area contributed by atoms with E-state index in [2.05, 4.69) is 4.72 Å². The van der Waals surface area contributed by atoms with Crippen LogP contribution in [-0.4, -0.2) is 28.7 Å². The van der Waals surface area contributed by atoms with Crippen molar-refractivity contribution in [1.82, 2.24) is 9.36 Å². The van der Waals surface area contributed by atoms with Crippen LogP contribution in [0.5, 0.6) is 0 Å². The molecule has 0 amide bonds. The van der Waals surface area contributed by atoms with Gasteiger partial charge >= 0.3 is 5.97 Å². The number of rotatable bonds is 8. The van der Waals surface area contributed by atoms with Crippen LogP contribution in [0, 0.1) is 17.0 Å². The standard InChI is InChI=1S/C25H22N4O7S/c1-17-23(24(30)28(27(17)2)20-10-4-3-5-11-20)26-37(34,35)22-13-7-9-19(15-22)25(31)36-16-18-8-6-12-21(14-18)29(32)33/h3-15,26H,16H2,1-2H3. The molecule has 0 radical (unpaired) electrons. The number of esters is 1. The zero-order valence-corrected chi connectivity index (χ0v) is 20.6. The summed E-state index contributed by atoms with van der Waals surface area (Å²) in [5.74, 6) is -0.814. The number of nitrogens with one attached hydrogen (secondary N) is 1. The molecule has 0 fully saturated rings. The van der Waals surface area contributed by atoms with Crippen LogP contribution in [0.15, 0.2) is 88.6 Å².